The van der Waals surface area contributed by atoms with Gasteiger partial charge in [-0.25, -0.2) is 0 Å². The van der Waals surface area contributed by atoms with E-state index in [-0.39, 0.29) is 18.1 Å². The minimum Gasteiger partial charge on any atom is -0.393 e. The molecular weight excluding hydrogens is 240 g/mol. The van der Waals surface area contributed by atoms with Gasteiger partial charge in [-0.2, -0.15) is 0 Å². The number of nitrogens with zero attached hydrogens (tertiary/aromatic N) is 2. The number of piperidine rings is 1. The highest BCUT2D eigenvalue weighted by molar-refractivity contribution is 5.94. The second-order valence-corrected chi connectivity index (χ2v) is 5.42. The Bertz CT molecular complexity index is 428. The van der Waals surface area contributed by atoms with Crippen molar-refractivity contribution in [1.29, 1.82) is 0 Å². The molecular formula is C15H22N2O2. The van der Waals surface area contributed by atoms with Gasteiger partial charge < -0.3 is 10.0 Å². The van der Waals surface area contributed by atoms with Crippen LogP contribution in [0.15, 0.2) is 18.3 Å². The predicted octanol–water partition coefficient (Wildman–Crippen LogP) is 2.16. The first-order chi connectivity index (χ1) is 9.08. The van der Waals surface area contributed by atoms with Crippen LogP contribution in [-0.2, 0) is 0 Å². The molecule has 1 saturated heterocycles. The molecule has 19 heavy (non-hydrogen) atoms. The van der Waals surface area contributed by atoms with Gasteiger partial charge in [-0.3, -0.25) is 9.78 Å². The Morgan fingerprint density at radius 1 is 1.53 bits per heavy atom. The first-order valence-corrected chi connectivity index (χ1v) is 6.99. The van der Waals surface area contributed by atoms with Crippen molar-refractivity contribution in [1.82, 2.24) is 9.88 Å². The highest BCUT2D eigenvalue weighted by atomic mass is 16.3. The molecule has 1 fully saturated rings. The number of amides is 1. The summed E-state index contributed by atoms with van der Waals surface area (Å²) in [7, 11) is 0. The fourth-order valence-corrected chi connectivity index (χ4v) is 2.67. The monoisotopic (exact) mass is 262 g/mol. The number of rotatable bonds is 3. The van der Waals surface area contributed by atoms with Gasteiger partial charge in [-0.1, -0.05) is 0 Å². The zero-order valence-corrected chi connectivity index (χ0v) is 11.7. The van der Waals surface area contributed by atoms with Gasteiger partial charge >= 0.3 is 0 Å². The third-order valence-electron chi connectivity index (χ3n) is 3.66. The predicted molar refractivity (Wildman–Crippen MR) is 73.9 cm³/mol. The standard InChI is InChI=1S/C15H22N2O2/c1-11-6-7-13(10-16-11)15(19)17-8-4-3-5-14(17)9-12(2)18/h6-7,10,12,14,18H,3-5,8-9H2,1-2H3. The molecule has 2 atom stereocenters. The highest BCUT2D eigenvalue weighted by Crippen LogP contribution is 2.23. The van der Waals surface area contributed by atoms with E-state index in [2.05, 4.69) is 4.98 Å². The SMILES string of the molecule is Cc1ccc(C(=O)N2CCCCC2CC(C)O)cn1. The number of aryl methyl sites for hydroxylation is 1. The van der Waals surface area contributed by atoms with Gasteiger partial charge in [0.2, 0.25) is 0 Å². The van der Waals surface area contributed by atoms with E-state index in [0.717, 1.165) is 31.5 Å². The molecule has 4 nitrogen and oxygen atoms in total. The van der Waals surface area contributed by atoms with Gasteiger partial charge in [-0.05, 0) is 51.7 Å². The maximum atomic E-state index is 12.5. The summed E-state index contributed by atoms with van der Waals surface area (Å²) in [5.41, 5.74) is 1.55. The third-order valence-corrected chi connectivity index (χ3v) is 3.66. The number of pyridine rings is 1. The average Bonchev–Trinajstić information content (AvgIpc) is 2.39. The van der Waals surface area contributed by atoms with Crippen LogP contribution in [0.3, 0.4) is 0 Å². The minimum atomic E-state index is -0.366. The van der Waals surface area contributed by atoms with Crippen LogP contribution in [0, 0.1) is 6.92 Å². The molecule has 0 aliphatic carbocycles. The second kappa shape index (κ2) is 6.15. The lowest BCUT2D eigenvalue weighted by molar-refractivity contribution is 0.0514. The van der Waals surface area contributed by atoms with Crippen molar-refractivity contribution in [3.05, 3.63) is 29.6 Å². The van der Waals surface area contributed by atoms with Crippen molar-refractivity contribution in [3.8, 4) is 0 Å². The van der Waals surface area contributed by atoms with Gasteiger partial charge in [0, 0.05) is 24.5 Å². The van der Waals surface area contributed by atoms with E-state index in [9.17, 15) is 9.90 Å². The Hall–Kier alpha value is -1.42. The van der Waals surface area contributed by atoms with Crippen molar-refractivity contribution >= 4 is 5.91 Å². The molecule has 2 unspecified atom stereocenters. The molecule has 0 aromatic carbocycles. The normalized spacial score (nSPS) is 21.2. The molecule has 4 heteroatoms. The average molecular weight is 262 g/mol. The molecule has 0 saturated carbocycles. The number of carbonyl (C=O) groups excluding carboxylic acids is 1. The van der Waals surface area contributed by atoms with Crippen molar-refractivity contribution < 1.29 is 9.90 Å². The molecule has 1 aliphatic heterocycles. The molecule has 0 spiro atoms. The van der Waals surface area contributed by atoms with E-state index in [4.69, 9.17) is 0 Å². The van der Waals surface area contributed by atoms with Crippen LogP contribution in [0.4, 0.5) is 0 Å². The van der Waals surface area contributed by atoms with Gasteiger partial charge in [0.1, 0.15) is 0 Å². The number of aliphatic hydroxyl groups is 1. The lowest BCUT2D eigenvalue weighted by Gasteiger charge is -2.36. The molecule has 0 radical (unpaired) electrons. The molecule has 104 valence electrons. The summed E-state index contributed by atoms with van der Waals surface area (Å²) in [5.74, 6) is 0.0397. The largest absolute Gasteiger partial charge is 0.393 e. The smallest absolute Gasteiger partial charge is 0.255 e. The van der Waals surface area contributed by atoms with Gasteiger partial charge in [0.25, 0.3) is 5.91 Å². The van der Waals surface area contributed by atoms with Crippen molar-refractivity contribution in [2.45, 2.75) is 51.7 Å². The van der Waals surface area contributed by atoms with Gasteiger partial charge in [-0.15, -0.1) is 0 Å². The number of hydrogen-bond donors (Lipinski definition) is 1. The Balaban J connectivity index is 2.12. The first kappa shape index (κ1) is 14.0. The molecule has 1 aliphatic rings. The van der Waals surface area contributed by atoms with Crippen LogP contribution in [0.25, 0.3) is 0 Å². The molecule has 1 aromatic rings. The summed E-state index contributed by atoms with van der Waals surface area (Å²) in [6.45, 7) is 4.47. The molecule has 0 bridgehead atoms. The van der Waals surface area contributed by atoms with Gasteiger partial charge in [0.05, 0.1) is 11.7 Å². The number of aromatic nitrogens is 1. The molecule has 1 amide bonds. The quantitative estimate of drug-likeness (QED) is 0.908. The number of aliphatic hydroxyl groups excluding tert-OH is 1. The zero-order valence-electron chi connectivity index (χ0n) is 11.7. The van der Waals surface area contributed by atoms with Crippen LogP contribution >= 0.6 is 0 Å². The Morgan fingerprint density at radius 2 is 2.32 bits per heavy atom. The summed E-state index contributed by atoms with van der Waals surface area (Å²) in [4.78, 5) is 18.6. The summed E-state index contributed by atoms with van der Waals surface area (Å²) in [5, 5.41) is 9.56. The minimum absolute atomic E-state index is 0.0397. The lowest BCUT2D eigenvalue weighted by Crippen LogP contribution is -2.45. The van der Waals surface area contributed by atoms with Gasteiger partial charge in [0.15, 0.2) is 0 Å². The van der Waals surface area contributed by atoms with E-state index < -0.39 is 0 Å². The van der Waals surface area contributed by atoms with E-state index >= 15 is 0 Å². The van der Waals surface area contributed by atoms with E-state index in [0.29, 0.717) is 12.0 Å². The number of carbonyl (C=O) groups is 1. The van der Waals surface area contributed by atoms with Crippen molar-refractivity contribution in [2.24, 2.45) is 0 Å². The number of likely N-dealkylation sites (tertiary alicyclic amines) is 1. The topological polar surface area (TPSA) is 53.4 Å². The zero-order chi connectivity index (χ0) is 13.8. The molecule has 2 heterocycles. The maximum Gasteiger partial charge on any atom is 0.255 e. The highest BCUT2D eigenvalue weighted by Gasteiger charge is 2.28. The Labute approximate surface area is 114 Å². The van der Waals surface area contributed by atoms with Crippen molar-refractivity contribution in [3.63, 3.8) is 0 Å². The van der Waals surface area contributed by atoms with Crippen LogP contribution in [0.2, 0.25) is 0 Å². The van der Waals surface area contributed by atoms with Crippen molar-refractivity contribution in [2.75, 3.05) is 6.54 Å². The summed E-state index contributed by atoms with van der Waals surface area (Å²) in [6.07, 6.45) is 5.09. The van der Waals surface area contributed by atoms with E-state index in [1.807, 2.05) is 24.0 Å². The van der Waals surface area contributed by atoms with E-state index in [1.165, 1.54) is 0 Å². The Kier molecular flexibility index (Phi) is 4.53. The molecule has 1 N–H and O–H groups in total. The second-order valence-electron chi connectivity index (χ2n) is 5.42. The third kappa shape index (κ3) is 3.53. The maximum absolute atomic E-state index is 12.5. The van der Waals surface area contributed by atoms with Crippen LogP contribution in [0.5, 0.6) is 0 Å². The van der Waals surface area contributed by atoms with E-state index in [1.54, 1.807) is 13.1 Å². The molecule has 2 rings (SSSR count). The Morgan fingerprint density at radius 3 is 2.95 bits per heavy atom. The summed E-state index contributed by atoms with van der Waals surface area (Å²) >= 11 is 0. The fraction of sp³-hybridized carbons (Fsp3) is 0.600. The first-order valence-electron chi connectivity index (χ1n) is 6.99. The van der Waals surface area contributed by atoms with Crippen LogP contribution < -0.4 is 0 Å². The van der Waals surface area contributed by atoms with Crippen LogP contribution in [0.1, 0.15) is 48.7 Å². The fourth-order valence-electron chi connectivity index (χ4n) is 2.67. The number of hydrogen-bond acceptors (Lipinski definition) is 3. The lowest BCUT2D eigenvalue weighted by atomic mass is 9.96. The summed E-state index contributed by atoms with van der Waals surface area (Å²) < 4.78 is 0. The summed E-state index contributed by atoms with van der Waals surface area (Å²) in [6, 6.07) is 3.85. The molecule has 1 aromatic heterocycles. The van der Waals surface area contributed by atoms with Crippen LogP contribution in [-0.4, -0.2) is 39.6 Å².